The normalized spacial score (nSPS) is 25.6. The summed E-state index contributed by atoms with van der Waals surface area (Å²) in [6.45, 7) is 3.21. The van der Waals surface area contributed by atoms with Gasteiger partial charge in [0.1, 0.15) is 0 Å². The van der Waals surface area contributed by atoms with Crippen molar-refractivity contribution in [3.8, 4) is 0 Å². The second-order valence-electron chi connectivity index (χ2n) is 4.11. The smallest absolute Gasteiger partial charge is 0.315 e. The van der Waals surface area contributed by atoms with Crippen LogP contribution in [-0.2, 0) is 0 Å². The summed E-state index contributed by atoms with van der Waals surface area (Å²) in [6.07, 6.45) is -3.58. The average Bonchev–Trinajstić information content (AvgIpc) is 2.28. The molecule has 1 heterocycles. The SMILES string of the molecule is CC1CNCCN(CC(F)(F)C(F)F)C1. The lowest BCUT2D eigenvalue weighted by Crippen LogP contribution is -2.43. The molecule has 1 aliphatic heterocycles. The van der Waals surface area contributed by atoms with Gasteiger partial charge in [-0.1, -0.05) is 6.92 Å². The van der Waals surface area contributed by atoms with Crippen LogP contribution in [0.5, 0.6) is 0 Å². The van der Waals surface area contributed by atoms with E-state index in [0.29, 0.717) is 19.6 Å². The van der Waals surface area contributed by atoms with Crippen LogP contribution in [-0.4, -0.2) is 50.0 Å². The fourth-order valence-corrected chi connectivity index (χ4v) is 1.69. The predicted octanol–water partition coefficient (Wildman–Crippen LogP) is 1.43. The summed E-state index contributed by atoms with van der Waals surface area (Å²) in [5, 5.41) is 3.07. The minimum absolute atomic E-state index is 0.209. The van der Waals surface area contributed by atoms with Crippen molar-refractivity contribution in [1.29, 1.82) is 0 Å². The van der Waals surface area contributed by atoms with Crippen molar-refractivity contribution in [1.82, 2.24) is 10.2 Å². The predicted molar refractivity (Wildman–Crippen MR) is 49.4 cm³/mol. The lowest BCUT2D eigenvalue weighted by Gasteiger charge is -2.26. The maximum atomic E-state index is 12.8. The summed E-state index contributed by atoms with van der Waals surface area (Å²) >= 11 is 0. The highest BCUT2D eigenvalue weighted by atomic mass is 19.3. The van der Waals surface area contributed by atoms with Gasteiger partial charge in [0.25, 0.3) is 0 Å². The Kier molecular flexibility index (Phi) is 4.33. The third-order valence-corrected chi connectivity index (χ3v) is 2.42. The van der Waals surface area contributed by atoms with Gasteiger partial charge in [-0.15, -0.1) is 0 Å². The van der Waals surface area contributed by atoms with E-state index in [-0.39, 0.29) is 5.92 Å². The Morgan fingerprint density at radius 3 is 2.73 bits per heavy atom. The molecular formula is C9H16F4N2. The van der Waals surface area contributed by atoms with Crippen LogP contribution in [0.25, 0.3) is 0 Å². The van der Waals surface area contributed by atoms with E-state index < -0.39 is 18.9 Å². The lowest BCUT2D eigenvalue weighted by molar-refractivity contribution is -0.142. The fraction of sp³-hybridized carbons (Fsp3) is 1.00. The van der Waals surface area contributed by atoms with Gasteiger partial charge in [-0.05, 0) is 12.5 Å². The maximum absolute atomic E-state index is 12.8. The van der Waals surface area contributed by atoms with E-state index >= 15 is 0 Å². The minimum atomic E-state index is -3.90. The topological polar surface area (TPSA) is 15.3 Å². The summed E-state index contributed by atoms with van der Waals surface area (Å²) in [6, 6.07) is 0. The average molecular weight is 228 g/mol. The number of nitrogens with zero attached hydrogens (tertiary/aromatic N) is 1. The number of hydrogen-bond donors (Lipinski definition) is 1. The van der Waals surface area contributed by atoms with Crippen molar-refractivity contribution in [2.24, 2.45) is 5.92 Å². The lowest BCUT2D eigenvalue weighted by atomic mass is 10.1. The third-order valence-electron chi connectivity index (χ3n) is 2.42. The Bertz CT molecular complexity index is 199. The molecule has 0 aromatic heterocycles. The first-order chi connectivity index (χ1) is 6.92. The molecule has 2 nitrogen and oxygen atoms in total. The van der Waals surface area contributed by atoms with Crippen molar-refractivity contribution in [2.75, 3.05) is 32.7 Å². The molecule has 1 saturated heterocycles. The zero-order valence-corrected chi connectivity index (χ0v) is 8.65. The summed E-state index contributed by atoms with van der Waals surface area (Å²) < 4.78 is 49.5. The molecule has 0 aliphatic carbocycles. The molecule has 1 aliphatic rings. The van der Waals surface area contributed by atoms with Gasteiger partial charge in [0.05, 0.1) is 6.54 Å². The van der Waals surface area contributed by atoms with E-state index in [0.717, 1.165) is 6.54 Å². The van der Waals surface area contributed by atoms with E-state index in [4.69, 9.17) is 0 Å². The molecule has 0 bridgehead atoms. The largest absolute Gasteiger partial charge is 0.319 e. The number of halogens is 4. The monoisotopic (exact) mass is 228 g/mol. The van der Waals surface area contributed by atoms with Crippen LogP contribution in [0.2, 0.25) is 0 Å². The molecule has 90 valence electrons. The molecule has 1 unspecified atom stereocenters. The van der Waals surface area contributed by atoms with Gasteiger partial charge in [0, 0.05) is 19.6 Å². The second-order valence-corrected chi connectivity index (χ2v) is 4.11. The van der Waals surface area contributed by atoms with Crippen LogP contribution < -0.4 is 5.32 Å². The first kappa shape index (κ1) is 12.7. The van der Waals surface area contributed by atoms with Crippen LogP contribution in [0.1, 0.15) is 6.92 Å². The molecule has 0 radical (unpaired) electrons. The van der Waals surface area contributed by atoms with Crippen molar-refractivity contribution >= 4 is 0 Å². The molecule has 1 fully saturated rings. The van der Waals surface area contributed by atoms with Gasteiger partial charge < -0.3 is 5.32 Å². The Labute approximate surface area is 86.6 Å². The first-order valence-electron chi connectivity index (χ1n) is 5.01. The van der Waals surface area contributed by atoms with Gasteiger partial charge >= 0.3 is 12.3 Å². The molecule has 1 atom stereocenters. The highest BCUT2D eigenvalue weighted by Gasteiger charge is 2.42. The standard InChI is InChI=1S/C9H16F4N2/c1-7-4-14-2-3-15(5-7)6-9(12,13)8(10)11/h7-8,14H,2-6H2,1H3. The number of nitrogens with one attached hydrogen (secondary N) is 1. The molecular weight excluding hydrogens is 212 g/mol. The summed E-state index contributed by atoms with van der Waals surface area (Å²) in [7, 11) is 0. The quantitative estimate of drug-likeness (QED) is 0.735. The third kappa shape index (κ3) is 3.95. The second kappa shape index (κ2) is 5.12. The zero-order valence-electron chi connectivity index (χ0n) is 8.65. The van der Waals surface area contributed by atoms with Gasteiger partial charge in [-0.25, -0.2) is 8.78 Å². The number of alkyl halides is 4. The Balaban J connectivity index is 2.48. The van der Waals surface area contributed by atoms with Crippen molar-refractivity contribution < 1.29 is 17.6 Å². The molecule has 0 aromatic carbocycles. The van der Waals surface area contributed by atoms with Crippen LogP contribution in [0.4, 0.5) is 17.6 Å². The van der Waals surface area contributed by atoms with Crippen molar-refractivity contribution in [3.05, 3.63) is 0 Å². The van der Waals surface area contributed by atoms with Gasteiger partial charge in [-0.3, -0.25) is 4.90 Å². The van der Waals surface area contributed by atoms with Crippen LogP contribution in [0, 0.1) is 5.92 Å². The van der Waals surface area contributed by atoms with Gasteiger partial charge in [-0.2, -0.15) is 8.78 Å². The Hall–Kier alpha value is -0.360. The van der Waals surface area contributed by atoms with Gasteiger partial charge in [0.15, 0.2) is 0 Å². The van der Waals surface area contributed by atoms with Crippen LogP contribution >= 0.6 is 0 Å². The summed E-state index contributed by atoms with van der Waals surface area (Å²) in [4.78, 5) is 1.40. The van der Waals surface area contributed by atoms with Crippen molar-refractivity contribution in [3.63, 3.8) is 0 Å². The van der Waals surface area contributed by atoms with E-state index in [9.17, 15) is 17.6 Å². The van der Waals surface area contributed by atoms with E-state index in [1.807, 2.05) is 6.92 Å². The Morgan fingerprint density at radius 1 is 1.47 bits per heavy atom. The minimum Gasteiger partial charge on any atom is -0.315 e. The molecule has 1 rings (SSSR count). The van der Waals surface area contributed by atoms with E-state index in [1.165, 1.54) is 4.90 Å². The summed E-state index contributed by atoms with van der Waals surface area (Å²) in [5.41, 5.74) is 0. The molecule has 0 saturated carbocycles. The molecule has 0 spiro atoms. The van der Waals surface area contributed by atoms with Crippen LogP contribution in [0.15, 0.2) is 0 Å². The molecule has 0 amide bonds. The van der Waals surface area contributed by atoms with Crippen molar-refractivity contribution in [2.45, 2.75) is 19.3 Å². The van der Waals surface area contributed by atoms with E-state index in [1.54, 1.807) is 0 Å². The molecule has 6 heteroatoms. The zero-order chi connectivity index (χ0) is 11.5. The maximum Gasteiger partial charge on any atom is 0.319 e. The first-order valence-corrected chi connectivity index (χ1v) is 5.01. The van der Waals surface area contributed by atoms with E-state index in [2.05, 4.69) is 5.32 Å². The highest BCUT2D eigenvalue weighted by molar-refractivity contribution is 4.78. The fourth-order valence-electron chi connectivity index (χ4n) is 1.69. The Morgan fingerprint density at radius 2 is 2.13 bits per heavy atom. The molecule has 0 aromatic rings. The summed E-state index contributed by atoms with van der Waals surface area (Å²) in [5.74, 6) is -3.69. The highest BCUT2D eigenvalue weighted by Crippen LogP contribution is 2.24. The molecule has 1 N–H and O–H groups in total. The number of hydrogen-bond acceptors (Lipinski definition) is 2. The van der Waals surface area contributed by atoms with Crippen LogP contribution in [0.3, 0.4) is 0 Å². The van der Waals surface area contributed by atoms with Gasteiger partial charge in [0.2, 0.25) is 0 Å². The molecule has 15 heavy (non-hydrogen) atoms. The number of rotatable bonds is 3.